The van der Waals surface area contributed by atoms with E-state index in [9.17, 15) is 14.4 Å². The molecule has 2 aromatic heterocycles. The molecule has 0 spiro atoms. The summed E-state index contributed by atoms with van der Waals surface area (Å²) >= 11 is 2.88. The van der Waals surface area contributed by atoms with Gasteiger partial charge in [-0.15, -0.1) is 22.7 Å². The number of nitrogens with zero attached hydrogens (tertiary/aromatic N) is 2. The third-order valence-electron chi connectivity index (χ3n) is 3.15. The molecule has 22 heavy (non-hydrogen) atoms. The molecule has 114 valence electrons. The normalized spacial score (nSPS) is 14.4. The second-order valence-corrected chi connectivity index (χ2v) is 6.44. The Bertz CT molecular complexity index is 708. The fourth-order valence-electron chi connectivity index (χ4n) is 2.07. The number of amides is 2. The number of imide groups is 1. The van der Waals surface area contributed by atoms with Crippen LogP contribution in [0.3, 0.4) is 0 Å². The smallest absolute Gasteiger partial charge is 0.358 e. The summed E-state index contributed by atoms with van der Waals surface area (Å²) in [6.45, 7) is -0.0368. The summed E-state index contributed by atoms with van der Waals surface area (Å²) in [5.74, 6) is -1.35. The van der Waals surface area contributed by atoms with Gasteiger partial charge in [-0.1, -0.05) is 6.07 Å². The maximum absolute atomic E-state index is 11.9. The number of thiophene rings is 1. The molecular weight excluding hydrogens is 324 g/mol. The van der Waals surface area contributed by atoms with E-state index in [4.69, 9.17) is 4.74 Å². The molecule has 3 heterocycles. The predicted molar refractivity (Wildman–Crippen MR) is 81.7 cm³/mol. The van der Waals surface area contributed by atoms with Gasteiger partial charge in [-0.05, 0) is 17.9 Å². The number of likely N-dealkylation sites (tertiary alicyclic amines) is 1. The molecule has 0 N–H and O–H groups in total. The van der Waals surface area contributed by atoms with Gasteiger partial charge in [0.2, 0.25) is 5.91 Å². The van der Waals surface area contributed by atoms with Crippen molar-refractivity contribution >= 4 is 40.5 Å². The number of ether oxygens (including phenoxy) is 1. The zero-order valence-electron chi connectivity index (χ0n) is 11.5. The Labute approximate surface area is 134 Å². The summed E-state index contributed by atoms with van der Waals surface area (Å²) in [4.78, 5) is 41.4. The van der Waals surface area contributed by atoms with Gasteiger partial charge >= 0.3 is 5.97 Å². The van der Waals surface area contributed by atoms with Gasteiger partial charge in [0, 0.05) is 18.3 Å². The molecule has 0 aromatic carbocycles. The van der Waals surface area contributed by atoms with Crippen molar-refractivity contribution in [1.82, 2.24) is 9.88 Å². The highest BCUT2D eigenvalue weighted by atomic mass is 32.1. The summed E-state index contributed by atoms with van der Waals surface area (Å²) in [5.41, 5.74) is 0.175. The van der Waals surface area contributed by atoms with Gasteiger partial charge in [-0.2, -0.15) is 0 Å². The zero-order chi connectivity index (χ0) is 15.5. The number of thiazole rings is 1. The van der Waals surface area contributed by atoms with Crippen LogP contribution in [0.2, 0.25) is 0 Å². The molecular formula is C14H12N2O4S2. The monoisotopic (exact) mass is 336 g/mol. The first-order valence-corrected chi connectivity index (χ1v) is 8.41. The molecule has 0 atom stereocenters. The van der Waals surface area contributed by atoms with Crippen LogP contribution in [0.5, 0.6) is 0 Å². The van der Waals surface area contributed by atoms with Crippen molar-refractivity contribution in [1.29, 1.82) is 0 Å². The molecule has 0 aliphatic carbocycles. The first kappa shape index (κ1) is 14.9. The number of hydrogen-bond donors (Lipinski definition) is 0. The third kappa shape index (κ3) is 3.07. The van der Waals surface area contributed by atoms with E-state index in [0.29, 0.717) is 19.4 Å². The topological polar surface area (TPSA) is 76.6 Å². The molecule has 8 heteroatoms. The standard InChI is InChI=1S/C14H12N2O4S2/c17-11-4-1-5-16(11)12(18)7-20-14(19)9-8-22-13(15-9)10-3-2-6-21-10/h2-3,6,8H,1,4-5,7H2. The lowest BCUT2D eigenvalue weighted by atomic mass is 10.4. The Morgan fingerprint density at radius 1 is 1.36 bits per heavy atom. The van der Waals surface area contributed by atoms with Crippen molar-refractivity contribution in [3.8, 4) is 9.88 Å². The van der Waals surface area contributed by atoms with Crippen LogP contribution in [-0.2, 0) is 14.3 Å². The van der Waals surface area contributed by atoms with E-state index in [0.717, 1.165) is 14.8 Å². The van der Waals surface area contributed by atoms with E-state index < -0.39 is 18.5 Å². The molecule has 1 aliphatic rings. The molecule has 2 amide bonds. The summed E-state index contributed by atoms with van der Waals surface area (Å²) in [7, 11) is 0. The van der Waals surface area contributed by atoms with Gasteiger partial charge in [0.1, 0.15) is 5.01 Å². The van der Waals surface area contributed by atoms with E-state index >= 15 is 0 Å². The summed E-state index contributed by atoms with van der Waals surface area (Å²) in [5, 5.41) is 4.27. The summed E-state index contributed by atoms with van der Waals surface area (Å²) in [6, 6.07) is 3.83. The number of carbonyl (C=O) groups is 3. The Morgan fingerprint density at radius 2 is 2.23 bits per heavy atom. The van der Waals surface area contributed by atoms with Crippen LogP contribution in [-0.4, -0.2) is 40.8 Å². The molecule has 2 aromatic rings. The number of hydrogen-bond acceptors (Lipinski definition) is 7. The summed E-state index contributed by atoms with van der Waals surface area (Å²) in [6.07, 6.45) is 1.03. The molecule has 0 unspecified atom stereocenters. The van der Waals surface area contributed by atoms with Crippen LogP contribution in [0, 0.1) is 0 Å². The van der Waals surface area contributed by atoms with Crippen molar-refractivity contribution in [3.63, 3.8) is 0 Å². The first-order valence-electron chi connectivity index (χ1n) is 6.65. The van der Waals surface area contributed by atoms with Crippen molar-refractivity contribution < 1.29 is 19.1 Å². The van der Waals surface area contributed by atoms with Gasteiger partial charge < -0.3 is 4.74 Å². The van der Waals surface area contributed by atoms with E-state index in [1.54, 1.807) is 5.38 Å². The fraction of sp³-hybridized carbons (Fsp3) is 0.286. The van der Waals surface area contributed by atoms with Crippen LogP contribution in [0.25, 0.3) is 9.88 Å². The quantitative estimate of drug-likeness (QED) is 0.800. The number of esters is 1. The fourth-order valence-corrected chi connectivity index (χ4v) is 3.68. The van der Waals surface area contributed by atoms with E-state index in [1.807, 2.05) is 17.5 Å². The highest BCUT2D eigenvalue weighted by Crippen LogP contribution is 2.27. The Morgan fingerprint density at radius 3 is 2.91 bits per heavy atom. The Hall–Kier alpha value is -2.06. The minimum absolute atomic E-state index is 0.175. The minimum Gasteiger partial charge on any atom is -0.451 e. The lowest BCUT2D eigenvalue weighted by molar-refractivity contribution is -0.143. The second-order valence-electron chi connectivity index (χ2n) is 4.63. The van der Waals surface area contributed by atoms with Crippen LogP contribution < -0.4 is 0 Å². The van der Waals surface area contributed by atoms with E-state index in [-0.39, 0.29) is 11.6 Å². The average Bonchev–Trinajstić information content (AvgIpc) is 3.23. The van der Waals surface area contributed by atoms with E-state index in [1.165, 1.54) is 22.7 Å². The van der Waals surface area contributed by atoms with Gasteiger partial charge in [-0.25, -0.2) is 9.78 Å². The molecule has 6 nitrogen and oxygen atoms in total. The second kappa shape index (κ2) is 6.37. The average molecular weight is 336 g/mol. The Balaban J connectivity index is 1.58. The largest absolute Gasteiger partial charge is 0.451 e. The first-order chi connectivity index (χ1) is 10.6. The van der Waals surface area contributed by atoms with Crippen molar-refractivity contribution in [2.24, 2.45) is 0 Å². The highest BCUT2D eigenvalue weighted by molar-refractivity contribution is 7.20. The van der Waals surface area contributed by atoms with Crippen LogP contribution in [0.1, 0.15) is 23.3 Å². The third-order valence-corrected chi connectivity index (χ3v) is 5.03. The van der Waals surface area contributed by atoms with Crippen LogP contribution >= 0.6 is 22.7 Å². The van der Waals surface area contributed by atoms with Gasteiger partial charge in [0.25, 0.3) is 5.91 Å². The van der Waals surface area contributed by atoms with Crippen molar-refractivity contribution in [3.05, 3.63) is 28.6 Å². The lowest BCUT2D eigenvalue weighted by Crippen LogP contribution is -2.35. The van der Waals surface area contributed by atoms with Crippen LogP contribution in [0.15, 0.2) is 22.9 Å². The number of rotatable bonds is 4. The van der Waals surface area contributed by atoms with Gasteiger partial charge in [-0.3, -0.25) is 14.5 Å². The molecule has 0 saturated carbocycles. The number of carbonyl (C=O) groups excluding carboxylic acids is 3. The predicted octanol–water partition coefficient (Wildman–Crippen LogP) is 2.18. The zero-order valence-corrected chi connectivity index (χ0v) is 13.1. The molecule has 1 aliphatic heterocycles. The maximum Gasteiger partial charge on any atom is 0.358 e. The Kier molecular flexibility index (Phi) is 4.30. The molecule has 1 saturated heterocycles. The molecule has 0 bridgehead atoms. The molecule has 1 fully saturated rings. The summed E-state index contributed by atoms with van der Waals surface area (Å²) < 4.78 is 4.95. The number of aromatic nitrogens is 1. The highest BCUT2D eigenvalue weighted by Gasteiger charge is 2.27. The van der Waals surface area contributed by atoms with Crippen LogP contribution in [0.4, 0.5) is 0 Å². The molecule has 3 rings (SSSR count). The van der Waals surface area contributed by atoms with E-state index in [2.05, 4.69) is 4.98 Å². The SMILES string of the molecule is O=C(OCC(=O)N1CCCC1=O)c1csc(-c2cccs2)n1. The van der Waals surface area contributed by atoms with Gasteiger partial charge in [0.15, 0.2) is 12.3 Å². The lowest BCUT2D eigenvalue weighted by Gasteiger charge is -2.12. The minimum atomic E-state index is -0.654. The molecule has 0 radical (unpaired) electrons. The maximum atomic E-state index is 11.9. The van der Waals surface area contributed by atoms with Crippen molar-refractivity contribution in [2.75, 3.05) is 13.2 Å². The van der Waals surface area contributed by atoms with Gasteiger partial charge in [0.05, 0.1) is 4.88 Å². The van der Waals surface area contributed by atoms with Crippen molar-refractivity contribution in [2.45, 2.75) is 12.8 Å².